The lowest BCUT2D eigenvalue weighted by molar-refractivity contribution is -0.143. The average Bonchev–Trinajstić information content (AvgIpc) is 3.26. The Morgan fingerprint density at radius 1 is 1.10 bits per heavy atom. The van der Waals surface area contributed by atoms with Gasteiger partial charge in [-0.1, -0.05) is 17.3 Å². The van der Waals surface area contributed by atoms with E-state index in [0.717, 1.165) is 42.2 Å². The fourth-order valence-corrected chi connectivity index (χ4v) is 3.64. The van der Waals surface area contributed by atoms with Crippen LogP contribution in [0.3, 0.4) is 0 Å². The molecule has 7 heteroatoms. The monoisotopic (exact) mass is 397 g/mol. The molecular formula is C22H24FN3O3. The van der Waals surface area contributed by atoms with E-state index in [1.807, 2.05) is 29.2 Å². The minimum absolute atomic E-state index is 0.0151. The van der Waals surface area contributed by atoms with Crippen molar-refractivity contribution in [3.63, 3.8) is 0 Å². The van der Waals surface area contributed by atoms with Crippen LogP contribution in [-0.2, 0) is 16.2 Å². The van der Waals surface area contributed by atoms with Gasteiger partial charge in [0, 0.05) is 39.1 Å². The van der Waals surface area contributed by atoms with Gasteiger partial charge in [0.05, 0.1) is 12.8 Å². The van der Waals surface area contributed by atoms with Crippen molar-refractivity contribution in [2.24, 2.45) is 5.16 Å². The quantitative estimate of drug-likeness (QED) is 0.779. The van der Waals surface area contributed by atoms with E-state index in [-0.39, 0.29) is 11.7 Å². The number of carbonyl (C=O) groups is 1. The first-order valence-corrected chi connectivity index (χ1v) is 9.75. The first-order chi connectivity index (χ1) is 14.1. The molecule has 0 radical (unpaired) electrons. The van der Waals surface area contributed by atoms with Crippen LogP contribution < -0.4 is 4.74 Å². The Kier molecular flexibility index (Phi) is 5.76. The van der Waals surface area contributed by atoms with E-state index >= 15 is 0 Å². The number of carbonyl (C=O) groups excluding carboxylic acids is 1. The van der Waals surface area contributed by atoms with Gasteiger partial charge < -0.3 is 14.5 Å². The van der Waals surface area contributed by atoms with E-state index < -0.39 is 6.10 Å². The van der Waals surface area contributed by atoms with Gasteiger partial charge in [-0.3, -0.25) is 9.69 Å². The standard InChI is InChI=1S/C22H24FN3O3/c1-28-19-8-4-17(5-9-19)20-14-21(29-24-20)22(27)26-12-10-25(11-13-26)15-16-2-6-18(23)7-3-16/h2-9,21H,10-15H2,1H3. The summed E-state index contributed by atoms with van der Waals surface area (Å²) in [6, 6.07) is 14.1. The molecule has 0 aliphatic carbocycles. The lowest BCUT2D eigenvalue weighted by Crippen LogP contribution is -2.51. The Morgan fingerprint density at radius 2 is 1.79 bits per heavy atom. The molecular weight excluding hydrogens is 373 g/mol. The highest BCUT2D eigenvalue weighted by Crippen LogP contribution is 2.21. The number of rotatable bonds is 5. The Balaban J connectivity index is 1.27. The second-order valence-electron chi connectivity index (χ2n) is 7.29. The van der Waals surface area contributed by atoms with Crippen LogP contribution in [0.4, 0.5) is 4.39 Å². The van der Waals surface area contributed by atoms with Gasteiger partial charge in [0.1, 0.15) is 11.6 Å². The van der Waals surface area contributed by atoms with Crippen LogP contribution in [0.25, 0.3) is 0 Å². The van der Waals surface area contributed by atoms with Crippen molar-refractivity contribution in [1.29, 1.82) is 0 Å². The van der Waals surface area contributed by atoms with Gasteiger partial charge in [0.2, 0.25) is 6.10 Å². The van der Waals surface area contributed by atoms with E-state index in [1.54, 1.807) is 19.2 Å². The van der Waals surface area contributed by atoms with Crippen LogP contribution in [0, 0.1) is 5.82 Å². The maximum absolute atomic E-state index is 13.0. The molecule has 1 unspecified atom stereocenters. The number of nitrogens with zero attached hydrogens (tertiary/aromatic N) is 3. The van der Waals surface area contributed by atoms with Crippen molar-refractivity contribution < 1.29 is 18.8 Å². The molecule has 2 heterocycles. The van der Waals surface area contributed by atoms with Gasteiger partial charge in [0.15, 0.2) is 0 Å². The molecule has 4 rings (SSSR count). The number of piperazine rings is 1. The summed E-state index contributed by atoms with van der Waals surface area (Å²) in [6.45, 7) is 3.62. The smallest absolute Gasteiger partial charge is 0.266 e. The second kappa shape index (κ2) is 8.61. The highest BCUT2D eigenvalue weighted by atomic mass is 19.1. The van der Waals surface area contributed by atoms with Gasteiger partial charge in [-0.15, -0.1) is 0 Å². The minimum atomic E-state index is -0.559. The maximum Gasteiger partial charge on any atom is 0.266 e. The number of hydrogen-bond acceptors (Lipinski definition) is 5. The molecule has 152 valence electrons. The van der Waals surface area contributed by atoms with Crippen LogP contribution in [0.5, 0.6) is 5.75 Å². The summed E-state index contributed by atoms with van der Waals surface area (Å²) in [5.74, 6) is 0.537. The van der Waals surface area contributed by atoms with Gasteiger partial charge in [0.25, 0.3) is 5.91 Å². The highest BCUT2D eigenvalue weighted by molar-refractivity contribution is 6.04. The van der Waals surface area contributed by atoms with Gasteiger partial charge >= 0.3 is 0 Å². The van der Waals surface area contributed by atoms with E-state index in [2.05, 4.69) is 10.1 Å². The molecule has 2 aliphatic heterocycles. The Hall–Kier alpha value is -2.93. The molecule has 0 N–H and O–H groups in total. The molecule has 2 aromatic carbocycles. The van der Waals surface area contributed by atoms with Crippen molar-refractivity contribution in [2.45, 2.75) is 19.1 Å². The number of benzene rings is 2. The molecule has 1 amide bonds. The molecule has 6 nitrogen and oxygen atoms in total. The topological polar surface area (TPSA) is 54.4 Å². The minimum Gasteiger partial charge on any atom is -0.497 e. The van der Waals surface area contributed by atoms with Crippen molar-refractivity contribution in [2.75, 3.05) is 33.3 Å². The van der Waals surface area contributed by atoms with E-state index in [1.165, 1.54) is 12.1 Å². The summed E-state index contributed by atoms with van der Waals surface area (Å²) in [5, 5.41) is 4.12. The lowest BCUT2D eigenvalue weighted by atomic mass is 10.0. The van der Waals surface area contributed by atoms with E-state index in [9.17, 15) is 9.18 Å². The predicted octanol–water partition coefficient (Wildman–Crippen LogP) is 2.67. The third-order valence-electron chi connectivity index (χ3n) is 5.37. The van der Waals surface area contributed by atoms with Crippen LogP contribution in [0.15, 0.2) is 53.7 Å². The number of halogens is 1. The number of methoxy groups -OCH3 is 1. The SMILES string of the molecule is COc1ccc(C2=NOC(C(=O)N3CCN(Cc4ccc(F)cc4)CC3)C2)cc1. The molecule has 2 aliphatic rings. The lowest BCUT2D eigenvalue weighted by Gasteiger charge is -2.35. The highest BCUT2D eigenvalue weighted by Gasteiger charge is 2.33. The third-order valence-corrected chi connectivity index (χ3v) is 5.37. The summed E-state index contributed by atoms with van der Waals surface area (Å²) in [7, 11) is 1.62. The van der Waals surface area contributed by atoms with Gasteiger partial charge in [-0.25, -0.2) is 4.39 Å². The molecule has 1 saturated heterocycles. The Morgan fingerprint density at radius 3 is 2.45 bits per heavy atom. The summed E-state index contributed by atoms with van der Waals surface area (Å²) in [4.78, 5) is 22.4. The second-order valence-corrected chi connectivity index (χ2v) is 7.29. The van der Waals surface area contributed by atoms with Crippen molar-refractivity contribution >= 4 is 11.6 Å². The molecule has 29 heavy (non-hydrogen) atoms. The zero-order valence-electron chi connectivity index (χ0n) is 16.4. The van der Waals surface area contributed by atoms with Crippen LogP contribution >= 0.6 is 0 Å². The van der Waals surface area contributed by atoms with E-state index in [0.29, 0.717) is 19.5 Å². The number of oxime groups is 1. The fourth-order valence-electron chi connectivity index (χ4n) is 3.64. The Bertz CT molecular complexity index is 875. The summed E-state index contributed by atoms with van der Waals surface area (Å²) < 4.78 is 18.2. The fraction of sp³-hybridized carbons (Fsp3) is 0.364. The van der Waals surface area contributed by atoms with Crippen molar-refractivity contribution in [1.82, 2.24) is 9.80 Å². The third kappa shape index (κ3) is 4.56. The molecule has 0 spiro atoms. The Labute approximate surface area is 169 Å². The molecule has 0 aromatic heterocycles. The van der Waals surface area contributed by atoms with Crippen molar-refractivity contribution in [3.05, 3.63) is 65.5 Å². The van der Waals surface area contributed by atoms with Crippen molar-refractivity contribution in [3.8, 4) is 5.75 Å². The molecule has 1 fully saturated rings. The number of ether oxygens (including phenoxy) is 1. The van der Waals surface area contributed by atoms with Crippen LogP contribution in [0.2, 0.25) is 0 Å². The first-order valence-electron chi connectivity index (χ1n) is 9.75. The first kappa shape index (κ1) is 19.4. The molecule has 1 atom stereocenters. The summed E-state index contributed by atoms with van der Waals surface area (Å²) in [5.41, 5.74) is 2.79. The zero-order chi connectivity index (χ0) is 20.2. The summed E-state index contributed by atoms with van der Waals surface area (Å²) >= 11 is 0. The maximum atomic E-state index is 13.0. The number of amides is 1. The molecule has 2 aromatic rings. The summed E-state index contributed by atoms with van der Waals surface area (Å²) in [6.07, 6.45) is -0.0863. The normalized spacial score (nSPS) is 19.6. The number of hydrogen-bond donors (Lipinski definition) is 0. The largest absolute Gasteiger partial charge is 0.497 e. The molecule has 0 bridgehead atoms. The van der Waals surface area contributed by atoms with Gasteiger partial charge in [-0.05, 0) is 47.5 Å². The van der Waals surface area contributed by atoms with Gasteiger partial charge in [-0.2, -0.15) is 0 Å². The molecule has 0 saturated carbocycles. The predicted molar refractivity (Wildman–Crippen MR) is 107 cm³/mol. The van der Waals surface area contributed by atoms with Crippen LogP contribution in [-0.4, -0.2) is 60.8 Å². The van der Waals surface area contributed by atoms with E-state index in [4.69, 9.17) is 9.57 Å². The zero-order valence-corrected chi connectivity index (χ0v) is 16.4. The average molecular weight is 397 g/mol. The van der Waals surface area contributed by atoms with Crippen LogP contribution in [0.1, 0.15) is 17.5 Å².